The highest BCUT2D eigenvalue weighted by Gasteiger charge is 2.05. The standard InChI is InChI=1S/C17H15FN2O/c18-16-8-6-15(7-9-16)17(21)20-12-14-4-1-3-13(11-14)5-2-10-19/h1,3-4,6-9,11H,10,12,19H2,(H,20,21). The fourth-order valence-electron chi connectivity index (χ4n) is 1.80. The molecule has 21 heavy (non-hydrogen) atoms. The number of carbonyl (C=O) groups is 1. The lowest BCUT2D eigenvalue weighted by Gasteiger charge is -2.06. The lowest BCUT2D eigenvalue weighted by atomic mass is 10.1. The van der Waals surface area contributed by atoms with Gasteiger partial charge in [0.1, 0.15) is 5.82 Å². The Labute approximate surface area is 123 Å². The molecule has 0 unspecified atom stereocenters. The van der Waals surface area contributed by atoms with Gasteiger partial charge in [0.15, 0.2) is 0 Å². The van der Waals surface area contributed by atoms with Gasteiger partial charge in [0.2, 0.25) is 0 Å². The number of nitrogens with one attached hydrogen (secondary N) is 1. The van der Waals surface area contributed by atoms with Crippen LogP contribution < -0.4 is 11.1 Å². The molecule has 0 aliphatic heterocycles. The van der Waals surface area contributed by atoms with Crippen molar-refractivity contribution >= 4 is 5.91 Å². The van der Waals surface area contributed by atoms with Crippen molar-refractivity contribution in [1.29, 1.82) is 0 Å². The van der Waals surface area contributed by atoms with Crippen LogP contribution in [0, 0.1) is 17.7 Å². The van der Waals surface area contributed by atoms with Crippen molar-refractivity contribution in [3.8, 4) is 11.8 Å². The molecule has 3 N–H and O–H groups in total. The highest BCUT2D eigenvalue weighted by molar-refractivity contribution is 5.94. The molecule has 0 bridgehead atoms. The number of amides is 1. The first-order valence-electron chi connectivity index (χ1n) is 6.50. The normalized spacial score (nSPS) is 9.62. The molecule has 0 radical (unpaired) electrons. The number of halogens is 1. The van der Waals surface area contributed by atoms with E-state index in [1.807, 2.05) is 24.3 Å². The Bertz CT molecular complexity index is 684. The molecule has 2 aromatic rings. The molecule has 0 heterocycles. The molecule has 4 heteroatoms. The molecule has 0 fully saturated rings. The molecule has 2 rings (SSSR count). The highest BCUT2D eigenvalue weighted by atomic mass is 19.1. The summed E-state index contributed by atoms with van der Waals surface area (Å²) in [6.07, 6.45) is 0. The van der Waals surface area contributed by atoms with Gasteiger partial charge in [0, 0.05) is 17.7 Å². The van der Waals surface area contributed by atoms with E-state index in [1.54, 1.807) is 0 Å². The summed E-state index contributed by atoms with van der Waals surface area (Å²) in [5.41, 5.74) is 7.55. The molecule has 0 aromatic heterocycles. The zero-order valence-corrected chi connectivity index (χ0v) is 11.4. The highest BCUT2D eigenvalue weighted by Crippen LogP contribution is 2.06. The zero-order valence-electron chi connectivity index (χ0n) is 11.4. The van der Waals surface area contributed by atoms with Crippen LogP contribution in [0.25, 0.3) is 0 Å². The smallest absolute Gasteiger partial charge is 0.251 e. The maximum atomic E-state index is 12.8. The second-order valence-electron chi connectivity index (χ2n) is 4.40. The number of rotatable bonds is 3. The van der Waals surface area contributed by atoms with E-state index in [2.05, 4.69) is 17.2 Å². The summed E-state index contributed by atoms with van der Waals surface area (Å²) in [7, 11) is 0. The van der Waals surface area contributed by atoms with E-state index in [9.17, 15) is 9.18 Å². The van der Waals surface area contributed by atoms with Crippen LogP contribution in [-0.4, -0.2) is 12.5 Å². The second-order valence-corrected chi connectivity index (χ2v) is 4.40. The molecule has 0 saturated carbocycles. The summed E-state index contributed by atoms with van der Waals surface area (Å²) in [4.78, 5) is 11.9. The van der Waals surface area contributed by atoms with Crippen LogP contribution in [0.3, 0.4) is 0 Å². The van der Waals surface area contributed by atoms with Crippen LogP contribution in [0.5, 0.6) is 0 Å². The summed E-state index contributed by atoms with van der Waals surface area (Å²) < 4.78 is 12.8. The topological polar surface area (TPSA) is 55.1 Å². The first-order valence-corrected chi connectivity index (χ1v) is 6.50. The minimum Gasteiger partial charge on any atom is -0.348 e. The van der Waals surface area contributed by atoms with Crippen molar-refractivity contribution in [3.63, 3.8) is 0 Å². The SMILES string of the molecule is NCC#Cc1cccc(CNC(=O)c2ccc(F)cc2)c1. The van der Waals surface area contributed by atoms with E-state index in [0.29, 0.717) is 18.7 Å². The number of hydrogen-bond donors (Lipinski definition) is 2. The molecule has 0 aliphatic carbocycles. The van der Waals surface area contributed by atoms with E-state index in [-0.39, 0.29) is 11.7 Å². The first-order chi connectivity index (χ1) is 10.2. The maximum Gasteiger partial charge on any atom is 0.251 e. The molecular formula is C17H15FN2O. The Morgan fingerprint density at radius 1 is 1.19 bits per heavy atom. The monoisotopic (exact) mass is 282 g/mol. The van der Waals surface area contributed by atoms with Crippen LogP contribution in [0.4, 0.5) is 4.39 Å². The average molecular weight is 282 g/mol. The third kappa shape index (κ3) is 4.44. The Kier molecular flexibility index (Phi) is 5.08. The third-order valence-electron chi connectivity index (χ3n) is 2.82. The lowest BCUT2D eigenvalue weighted by Crippen LogP contribution is -2.22. The van der Waals surface area contributed by atoms with Crippen LogP contribution in [0.1, 0.15) is 21.5 Å². The fourth-order valence-corrected chi connectivity index (χ4v) is 1.80. The number of nitrogens with two attached hydrogens (primary N) is 1. The van der Waals surface area contributed by atoms with Crippen molar-refractivity contribution in [1.82, 2.24) is 5.32 Å². The first kappa shape index (κ1) is 14.8. The minimum atomic E-state index is -0.363. The Hall–Kier alpha value is -2.64. The Morgan fingerprint density at radius 3 is 2.67 bits per heavy atom. The average Bonchev–Trinajstić information content (AvgIpc) is 2.52. The van der Waals surface area contributed by atoms with E-state index < -0.39 is 0 Å². The Morgan fingerprint density at radius 2 is 1.95 bits per heavy atom. The predicted octanol–water partition coefficient (Wildman–Crippen LogP) is 2.07. The quantitative estimate of drug-likeness (QED) is 0.847. The van der Waals surface area contributed by atoms with Gasteiger partial charge in [-0.15, -0.1) is 0 Å². The van der Waals surface area contributed by atoms with Crippen LogP contribution in [0.2, 0.25) is 0 Å². The number of hydrogen-bond acceptors (Lipinski definition) is 2. The van der Waals surface area contributed by atoms with Crippen LogP contribution in [0.15, 0.2) is 48.5 Å². The molecule has 1 amide bonds. The van der Waals surface area contributed by atoms with E-state index >= 15 is 0 Å². The summed E-state index contributed by atoms with van der Waals surface area (Å²) in [6, 6.07) is 13.0. The second kappa shape index (κ2) is 7.22. The van der Waals surface area contributed by atoms with Crippen molar-refractivity contribution < 1.29 is 9.18 Å². The summed E-state index contributed by atoms with van der Waals surface area (Å²) >= 11 is 0. The van der Waals surface area contributed by atoms with Gasteiger partial charge in [-0.2, -0.15) is 0 Å². The maximum absolute atomic E-state index is 12.8. The van der Waals surface area contributed by atoms with Crippen LogP contribution in [-0.2, 0) is 6.54 Å². The van der Waals surface area contributed by atoms with Gasteiger partial charge in [-0.25, -0.2) is 4.39 Å². The molecule has 3 nitrogen and oxygen atoms in total. The van der Waals surface area contributed by atoms with E-state index in [4.69, 9.17) is 5.73 Å². The molecule has 0 saturated heterocycles. The van der Waals surface area contributed by atoms with Crippen molar-refractivity contribution in [2.45, 2.75) is 6.54 Å². The van der Waals surface area contributed by atoms with Gasteiger partial charge in [0.05, 0.1) is 6.54 Å². The summed E-state index contributed by atoms with van der Waals surface area (Å²) in [5.74, 6) is 5.12. The van der Waals surface area contributed by atoms with Gasteiger partial charge in [0.25, 0.3) is 5.91 Å². The van der Waals surface area contributed by atoms with Gasteiger partial charge >= 0.3 is 0 Å². The summed E-state index contributed by atoms with van der Waals surface area (Å²) in [5, 5.41) is 2.78. The van der Waals surface area contributed by atoms with Crippen molar-refractivity contribution in [2.75, 3.05) is 6.54 Å². The molecule has 0 atom stereocenters. The van der Waals surface area contributed by atoms with Crippen LogP contribution >= 0.6 is 0 Å². The third-order valence-corrected chi connectivity index (χ3v) is 2.82. The predicted molar refractivity (Wildman–Crippen MR) is 79.9 cm³/mol. The minimum absolute atomic E-state index is 0.242. The molecular weight excluding hydrogens is 267 g/mol. The molecule has 0 spiro atoms. The lowest BCUT2D eigenvalue weighted by molar-refractivity contribution is 0.0951. The van der Waals surface area contributed by atoms with Gasteiger partial charge in [-0.1, -0.05) is 24.0 Å². The molecule has 106 valence electrons. The van der Waals surface area contributed by atoms with Crippen molar-refractivity contribution in [2.24, 2.45) is 5.73 Å². The Balaban J connectivity index is 1.99. The van der Waals surface area contributed by atoms with Gasteiger partial charge in [-0.3, -0.25) is 4.79 Å². The van der Waals surface area contributed by atoms with Gasteiger partial charge in [-0.05, 0) is 42.0 Å². The van der Waals surface area contributed by atoms with E-state index in [1.165, 1.54) is 24.3 Å². The van der Waals surface area contributed by atoms with E-state index in [0.717, 1.165) is 11.1 Å². The fraction of sp³-hybridized carbons (Fsp3) is 0.118. The summed E-state index contributed by atoms with van der Waals surface area (Å²) in [6.45, 7) is 0.694. The number of carbonyl (C=O) groups excluding carboxylic acids is 1. The number of benzene rings is 2. The molecule has 2 aromatic carbocycles. The zero-order chi connectivity index (χ0) is 15.1. The molecule has 0 aliphatic rings. The van der Waals surface area contributed by atoms with Gasteiger partial charge < -0.3 is 11.1 Å². The largest absolute Gasteiger partial charge is 0.348 e. The van der Waals surface area contributed by atoms with Crippen molar-refractivity contribution in [3.05, 3.63) is 71.0 Å².